The third-order valence-corrected chi connectivity index (χ3v) is 1.91. The molecule has 0 saturated heterocycles. The van der Waals surface area contributed by atoms with Crippen LogP contribution in [-0.2, 0) is 0 Å². The third kappa shape index (κ3) is 3.59. The maximum atomic E-state index is 3.77. The fourth-order valence-corrected chi connectivity index (χ4v) is 1.18. The highest BCUT2D eigenvalue weighted by Crippen LogP contribution is 2.03. The summed E-state index contributed by atoms with van der Waals surface area (Å²) in [5, 5.41) is 11.2. The average molecular weight is 187 g/mol. The third-order valence-electron chi connectivity index (χ3n) is 1.36. The van der Waals surface area contributed by atoms with Crippen LogP contribution in [0.2, 0.25) is 0 Å². The summed E-state index contributed by atoms with van der Waals surface area (Å²) in [6.07, 6.45) is 1.10. The number of nitrogens with one attached hydrogen (secondary N) is 1. The van der Waals surface area contributed by atoms with Gasteiger partial charge < -0.3 is 10.2 Å². The standard InChI is InChI=1S/C6H13N5S/c1-11(2)5-3-4-7-6-8-9-10-12-6/h3-5H2,1-2H3,(H,7,8,10). The van der Waals surface area contributed by atoms with Crippen LogP contribution in [0.3, 0.4) is 0 Å². The van der Waals surface area contributed by atoms with Crippen LogP contribution in [0, 0.1) is 0 Å². The molecule has 1 aromatic heterocycles. The molecule has 68 valence electrons. The first kappa shape index (κ1) is 9.34. The Kier molecular flexibility index (Phi) is 3.89. The van der Waals surface area contributed by atoms with E-state index in [4.69, 9.17) is 0 Å². The van der Waals surface area contributed by atoms with Gasteiger partial charge in [-0.05, 0) is 32.3 Å². The van der Waals surface area contributed by atoms with Gasteiger partial charge in [-0.25, -0.2) is 0 Å². The molecule has 0 aliphatic carbocycles. The smallest absolute Gasteiger partial charge is 0.225 e. The molecule has 0 saturated carbocycles. The molecule has 1 heterocycles. The lowest BCUT2D eigenvalue weighted by Crippen LogP contribution is -2.16. The summed E-state index contributed by atoms with van der Waals surface area (Å²) >= 11 is 1.28. The molecule has 6 heteroatoms. The largest absolute Gasteiger partial charge is 0.359 e. The van der Waals surface area contributed by atoms with Gasteiger partial charge in [0.2, 0.25) is 5.13 Å². The van der Waals surface area contributed by atoms with E-state index in [0.717, 1.165) is 24.6 Å². The number of rotatable bonds is 5. The first-order chi connectivity index (χ1) is 5.79. The highest BCUT2D eigenvalue weighted by Gasteiger charge is 1.95. The maximum absolute atomic E-state index is 3.77. The van der Waals surface area contributed by atoms with E-state index in [1.54, 1.807) is 0 Å². The molecule has 0 radical (unpaired) electrons. The molecule has 0 bridgehead atoms. The van der Waals surface area contributed by atoms with Gasteiger partial charge in [-0.2, -0.15) is 0 Å². The van der Waals surface area contributed by atoms with Crippen molar-refractivity contribution >= 4 is 16.7 Å². The lowest BCUT2D eigenvalue weighted by Gasteiger charge is -2.08. The van der Waals surface area contributed by atoms with Crippen molar-refractivity contribution in [3.8, 4) is 0 Å². The van der Waals surface area contributed by atoms with Crippen molar-refractivity contribution in [1.29, 1.82) is 0 Å². The van der Waals surface area contributed by atoms with Gasteiger partial charge in [0, 0.05) is 18.1 Å². The van der Waals surface area contributed by atoms with Gasteiger partial charge in [-0.15, -0.1) is 0 Å². The molecular formula is C6H13N5S. The molecule has 12 heavy (non-hydrogen) atoms. The molecule has 0 aliphatic heterocycles. The summed E-state index contributed by atoms with van der Waals surface area (Å²) in [6.45, 7) is 2.01. The Balaban J connectivity index is 2.04. The van der Waals surface area contributed by atoms with Gasteiger partial charge in [0.1, 0.15) is 0 Å². The Labute approximate surface area is 75.9 Å². The maximum Gasteiger partial charge on any atom is 0.225 e. The van der Waals surface area contributed by atoms with Crippen LogP contribution in [0.1, 0.15) is 6.42 Å². The fraction of sp³-hybridized carbons (Fsp3) is 0.833. The zero-order chi connectivity index (χ0) is 8.81. The first-order valence-electron chi connectivity index (χ1n) is 3.82. The van der Waals surface area contributed by atoms with Gasteiger partial charge in [0.25, 0.3) is 0 Å². The summed E-state index contributed by atoms with van der Waals surface area (Å²) < 4.78 is 3.64. The summed E-state index contributed by atoms with van der Waals surface area (Å²) in [5.41, 5.74) is 0. The second kappa shape index (κ2) is 5.00. The lowest BCUT2D eigenvalue weighted by molar-refractivity contribution is 0.405. The molecule has 0 aliphatic rings. The van der Waals surface area contributed by atoms with Crippen LogP contribution < -0.4 is 5.32 Å². The van der Waals surface area contributed by atoms with Crippen molar-refractivity contribution in [1.82, 2.24) is 19.7 Å². The Bertz CT molecular complexity index is 198. The molecule has 1 N–H and O–H groups in total. The summed E-state index contributed by atoms with van der Waals surface area (Å²) in [6, 6.07) is 0. The van der Waals surface area contributed by atoms with E-state index in [1.165, 1.54) is 11.5 Å². The quantitative estimate of drug-likeness (QED) is 0.672. The Hall–Kier alpha value is -0.750. The van der Waals surface area contributed by atoms with E-state index >= 15 is 0 Å². The molecule has 0 fully saturated rings. The second-order valence-electron chi connectivity index (χ2n) is 2.75. The van der Waals surface area contributed by atoms with Gasteiger partial charge in [-0.3, -0.25) is 0 Å². The van der Waals surface area contributed by atoms with E-state index in [9.17, 15) is 0 Å². The predicted molar refractivity (Wildman–Crippen MR) is 49.4 cm³/mol. The lowest BCUT2D eigenvalue weighted by atomic mass is 10.4. The van der Waals surface area contributed by atoms with E-state index in [0.29, 0.717) is 0 Å². The predicted octanol–water partition coefficient (Wildman–Crippen LogP) is 0.297. The molecule has 0 aromatic carbocycles. The minimum absolute atomic E-state index is 0.800. The summed E-state index contributed by atoms with van der Waals surface area (Å²) in [5.74, 6) is 0. The minimum atomic E-state index is 0.800. The van der Waals surface area contributed by atoms with E-state index < -0.39 is 0 Å². The number of hydrogen-bond donors (Lipinski definition) is 1. The van der Waals surface area contributed by atoms with Crippen LogP contribution in [0.25, 0.3) is 0 Å². The topological polar surface area (TPSA) is 53.9 Å². The summed E-state index contributed by atoms with van der Waals surface area (Å²) in [7, 11) is 4.12. The van der Waals surface area contributed by atoms with Crippen LogP contribution >= 0.6 is 11.5 Å². The summed E-state index contributed by atoms with van der Waals surface area (Å²) in [4.78, 5) is 2.15. The zero-order valence-electron chi connectivity index (χ0n) is 7.32. The van der Waals surface area contributed by atoms with Crippen molar-refractivity contribution < 1.29 is 0 Å². The normalized spacial score (nSPS) is 10.6. The van der Waals surface area contributed by atoms with Crippen LogP contribution in [0.4, 0.5) is 5.13 Å². The molecule has 0 spiro atoms. The number of hydrogen-bond acceptors (Lipinski definition) is 6. The van der Waals surface area contributed by atoms with Gasteiger partial charge >= 0.3 is 0 Å². The van der Waals surface area contributed by atoms with Crippen molar-refractivity contribution in [3.05, 3.63) is 0 Å². The Morgan fingerprint density at radius 3 is 2.92 bits per heavy atom. The molecule has 0 unspecified atom stereocenters. The Morgan fingerprint density at radius 1 is 1.50 bits per heavy atom. The minimum Gasteiger partial charge on any atom is -0.359 e. The van der Waals surface area contributed by atoms with Crippen LogP contribution in [0.5, 0.6) is 0 Å². The first-order valence-corrected chi connectivity index (χ1v) is 4.60. The fourth-order valence-electron chi connectivity index (χ4n) is 0.792. The van der Waals surface area contributed by atoms with Crippen molar-refractivity contribution in [2.45, 2.75) is 6.42 Å². The molecule has 0 amide bonds. The monoisotopic (exact) mass is 187 g/mol. The van der Waals surface area contributed by atoms with E-state index in [1.807, 2.05) is 0 Å². The van der Waals surface area contributed by atoms with Gasteiger partial charge in [0.05, 0.1) is 0 Å². The zero-order valence-corrected chi connectivity index (χ0v) is 8.13. The SMILES string of the molecule is CN(C)CCCNc1nnns1. The van der Waals surface area contributed by atoms with Crippen LogP contribution in [0.15, 0.2) is 0 Å². The van der Waals surface area contributed by atoms with Gasteiger partial charge in [0.15, 0.2) is 0 Å². The van der Waals surface area contributed by atoms with Crippen molar-refractivity contribution in [3.63, 3.8) is 0 Å². The molecule has 0 atom stereocenters. The number of aromatic nitrogens is 3. The average Bonchev–Trinajstić information content (AvgIpc) is 2.49. The Morgan fingerprint density at radius 2 is 2.33 bits per heavy atom. The van der Waals surface area contributed by atoms with E-state index in [2.05, 4.69) is 39.1 Å². The second-order valence-corrected chi connectivity index (χ2v) is 3.48. The highest BCUT2D eigenvalue weighted by atomic mass is 32.1. The van der Waals surface area contributed by atoms with Crippen molar-refractivity contribution in [2.75, 3.05) is 32.5 Å². The molecule has 1 aromatic rings. The van der Waals surface area contributed by atoms with Crippen molar-refractivity contribution in [2.24, 2.45) is 0 Å². The van der Waals surface area contributed by atoms with E-state index in [-0.39, 0.29) is 0 Å². The molecular weight excluding hydrogens is 174 g/mol. The number of nitrogens with zero attached hydrogens (tertiary/aromatic N) is 4. The highest BCUT2D eigenvalue weighted by molar-refractivity contribution is 7.09. The molecule has 1 rings (SSSR count). The van der Waals surface area contributed by atoms with Crippen LogP contribution in [-0.4, -0.2) is 46.9 Å². The number of anilines is 1. The molecule has 5 nitrogen and oxygen atoms in total. The van der Waals surface area contributed by atoms with Gasteiger partial charge in [-0.1, -0.05) is 9.59 Å².